The lowest BCUT2D eigenvalue weighted by atomic mass is 10.1. The van der Waals surface area contributed by atoms with Crippen LogP contribution in [0.3, 0.4) is 0 Å². The number of halogens is 1. The van der Waals surface area contributed by atoms with Crippen molar-refractivity contribution in [3.8, 4) is 0 Å². The predicted octanol–water partition coefficient (Wildman–Crippen LogP) is 3.71. The van der Waals surface area contributed by atoms with E-state index in [4.69, 9.17) is 16.7 Å². The number of carboxylic acids is 1. The van der Waals surface area contributed by atoms with E-state index >= 15 is 0 Å². The topological polar surface area (TPSA) is 40.5 Å². The van der Waals surface area contributed by atoms with Crippen molar-refractivity contribution < 1.29 is 9.90 Å². The highest BCUT2D eigenvalue weighted by atomic mass is 35.5. The van der Waals surface area contributed by atoms with Crippen molar-refractivity contribution >= 4 is 17.6 Å². The minimum absolute atomic E-state index is 0.218. The largest absolute Gasteiger partial charge is 0.478 e. The minimum atomic E-state index is -0.958. The van der Waals surface area contributed by atoms with Gasteiger partial charge in [0.05, 0.1) is 5.56 Å². The molecule has 0 aromatic heterocycles. The molecule has 2 aromatic carbocycles. The summed E-state index contributed by atoms with van der Waals surface area (Å²) >= 11 is 6.14. The Morgan fingerprint density at radius 2 is 1.90 bits per heavy atom. The Morgan fingerprint density at radius 1 is 1.19 bits per heavy atom. The first-order valence-corrected chi connectivity index (χ1v) is 7.18. The molecule has 3 nitrogen and oxygen atoms in total. The molecule has 0 bridgehead atoms. The fourth-order valence-corrected chi connectivity index (χ4v) is 2.38. The van der Waals surface area contributed by atoms with Gasteiger partial charge in [-0.3, -0.25) is 0 Å². The molecule has 0 amide bonds. The summed E-state index contributed by atoms with van der Waals surface area (Å²) in [5.74, 6) is -0.958. The molecular formula is C17H18ClNO2. The molecule has 0 aliphatic heterocycles. The van der Waals surface area contributed by atoms with E-state index in [0.717, 1.165) is 18.5 Å². The average Bonchev–Trinajstić information content (AvgIpc) is 2.48. The van der Waals surface area contributed by atoms with Crippen molar-refractivity contribution in [3.05, 3.63) is 70.2 Å². The van der Waals surface area contributed by atoms with E-state index in [-0.39, 0.29) is 5.56 Å². The fraction of sp³-hybridized carbons (Fsp3) is 0.235. The maximum absolute atomic E-state index is 10.9. The minimum Gasteiger partial charge on any atom is -0.478 e. The van der Waals surface area contributed by atoms with Crippen LogP contribution in [0.2, 0.25) is 5.02 Å². The van der Waals surface area contributed by atoms with Crippen LogP contribution in [-0.2, 0) is 13.0 Å². The van der Waals surface area contributed by atoms with Crippen LogP contribution in [0.5, 0.6) is 0 Å². The van der Waals surface area contributed by atoms with Gasteiger partial charge in [-0.2, -0.15) is 0 Å². The first-order chi connectivity index (χ1) is 10.1. The number of nitrogens with zero attached hydrogens (tertiary/aromatic N) is 1. The number of hydrogen-bond acceptors (Lipinski definition) is 2. The number of aromatic carboxylic acids is 1. The third kappa shape index (κ3) is 4.59. The summed E-state index contributed by atoms with van der Waals surface area (Å²) in [6.45, 7) is 1.62. The van der Waals surface area contributed by atoms with Crippen molar-refractivity contribution in [1.29, 1.82) is 0 Å². The highest BCUT2D eigenvalue weighted by molar-refractivity contribution is 6.31. The third-order valence-electron chi connectivity index (χ3n) is 3.37. The van der Waals surface area contributed by atoms with Crippen molar-refractivity contribution in [2.75, 3.05) is 13.6 Å². The summed E-state index contributed by atoms with van der Waals surface area (Å²) < 4.78 is 0. The van der Waals surface area contributed by atoms with E-state index < -0.39 is 5.97 Å². The second kappa shape index (κ2) is 7.25. The van der Waals surface area contributed by atoms with Gasteiger partial charge in [-0.05, 0) is 36.7 Å². The Bertz CT molecular complexity index is 613. The quantitative estimate of drug-likeness (QED) is 0.884. The molecule has 0 aliphatic rings. The summed E-state index contributed by atoms with van der Waals surface area (Å²) in [7, 11) is 2.03. The van der Waals surface area contributed by atoms with Gasteiger partial charge in [-0.15, -0.1) is 0 Å². The SMILES string of the molecule is CN(CCc1ccccc1)Cc1ccc(C(=O)O)cc1Cl. The lowest BCUT2D eigenvalue weighted by molar-refractivity contribution is 0.0697. The molecule has 0 saturated heterocycles. The normalized spacial score (nSPS) is 10.8. The highest BCUT2D eigenvalue weighted by Crippen LogP contribution is 2.19. The summed E-state index contributed by atoms with van der Waals surface area (Å²) in [6.07, 6.45) is 0.974. The number of likely N-dealkylation sites (N-methyl/N-ethyl adjacent to an activating group) is 1. The van der Waals surface area contributed by atoms with Crippen LogP contribution in [0.25, 0.3) is 0 Å². The van der Waals surface area contributed by atoms with Gasteiger partial charge in [0.25, 0.3) is 0 Å². The molecule has 110 valence electrons. The Morgan fingerprint density at radius 3 is 2.52 bits per heavy atom. The van der Waals surface area contributed by atoms with Crippen LogP contribution in [0.1, 0.15) is 21.5 Å². The molecule has 0 heterocycles. The maximum atomic E-state index is 10.9. The molecule has 0 atom stereocenters. The number of hydrogen-bond donors (Lipinski definition) is 1. The zero-order valence-corrected chi connectivity index (χ0v) is 12.7. The van der Waals surface area contributed by atoms with E-state index in [1.165, 1.54) is 11.6 Å². The molecule has 1 N–H and O–H groups in total. The number of rotatable bonds is 6. The van der Waals surface area contributed by atoms with Crippen LogP contribution < -0.4 is 0 Å². The lowest BCUT2D eigenvalue weighted by Gasteiger charge is -2.17. The first kappa shape index (κ1) is 15.5. The van der Waals surface area contributed by atoms with E-state index in [0.29, 0.717) is 11.6 Å². The molecule has 0 saturated carbocycles. The predicted molar refractivity (Wildman–Crippen MR) is 84.9 cm³/mol. The van der Waals surface area contributed by atoms with E-state index in [1.54, 1.807) is 12.1 Å². The van der Waals surface area contributed by atoms with Crippen LogP contribution in [-0.4, -0.2) is 29.6 Å². The van der Waals surface area contributed by atoms with Gasteiger partial charge in [0.2, 0.25) is 0 Å². The summed E-state index contributed by atoms with van der Waals surface area (Å²) in [5, 5.41) is 9.42. The molecule has 2 rings (SSSR count). The van der Waals surface area contributed by atoms with Crippen LogP contribution in [0.15, 0.2) is 48.5 Å². The zero-order valence-electron chi connectivity index (χ0n) is 11.9. The van der Waals surface area contributed by atoms with Crippen molar-refractivity contribution in [3.63, 3.8) is 0 Å². The maximum Gasteiger partial charge on any atom is 0.335 e. The molecule has 21 heavy (non-hydrogen) atoms. The summed E-state index contributed by atoms with van der Waals surface area (Å²) in [6, 6.07) is 15.2. The molecule has 2 aromatic rings. The van der Waals surface area contributed by atoms with Crippen LogP contribution in [0.4, 0.5) is 0 Å². The summed E-state index contributed by atoms with van der Waals surface area (Å²) in [4.78, 5) is 13.1. The Balaban J connectivity index is 1.93. The van der Waals surface area contributed by atoms with Gasteiger partial charge in [0.1, 0.15) is 0 Å². The second-order valence-electron chi connectivity index (χ2n) is 5.08. The van der Waals surface area contributed by atoms with Crippen LogP contribution in [0, 0.1) is 0 Å². The second-order valence-corrected chi connectivity index (χ2v) is 5.49. The molecule has 0 aliphatic carbocycles. The van der Waals surface area contributed by atoms with E-state index in [1.807, 2.05) is 25.2 Å². The average molecular weight is 304 g/mol. The molecule has 0 spiro atoms. The molecule has 0 unspecified atom stereocenters. The lowest BCUT2D eigenvalue weighted by Crippen LogP contribution is -2.21. The smallest absolute Gasteiger partial charge is 0.335 e. The molecule has 0 fully saturated rings. The Hall–Kier alpha value is -1.84. The van der Waals surface area contributed by atoms with Gasteiger partial charge in [0, 0.05) is 18.1 Å². The first-order valence-electron chi connectivity index (χ1n) is 6.80. The number of carbonyl (C=O) groups is 1. The van der Waals surface area contributed by atoms with Gasteiger partial charge in [0.15, 0.2) is 0 Å². The monoisotopic (exact) mass is 303 g/mol. The standard InChI is InChI=1S/C17H18ClNO2/c1-19(10-9-13-5-3-2-4-6-13)12-15-8-7-14(17(20)21)11-16(15)18/h2-8,11H,9-10,12H2,1H3,(H,20,21). The zero-order chi connectivity index (χ0) is 15.2. The molecule has 0 radical (unpaired) electrons. The number of benzene rings is 2. The van der Waals surface area contributed by atoms with Gasteiger partial charge >= 0.3 is 5.97 Å². The number of carboxylic acid groups (broad SMARTS) is 1. The van der Waals surface area contributed by atoms with Gasteiger partial charge in [-0.25, -0.2) is 4.79 Å². The van der Waals surface area contributed by atoms with E-state index in [2.05, 4.69) is 17.0 Å². The van der Waals surface area contributed by atoms with E-state index in [9.17, 15) is 4.79 Å². The Kier molecular flexibility index (Phi) is 5.37. The van der Waals surface area contributed by atoms with Crippen molar-refractivity contribution in [2.24, 2.45) is 0 Å². The molecule has 4 heteroatoms. The highest BCUT2D eigenvalue weighted by Gasteiger charge is 2.09. The molecular weight excluding hydrogens is 286 g/mol. The van der Waals surface area contributed by atoms with Crippen molar-refractivity contribution in [2.45, 2.75) is 13.0 Å². The van der Waals surface area contributed by atoms with Crippen LogP contribution >= 0.6 is 11.6 Å². The Labute approximate surface area is 129 Å². The van der Waals surface area contributed by atoms with Gasteiger partial charge < -0.3 is 10.0 Å². The fourth-order valence-electron chi connectivity index (χ4n) is 2.14. The third-order valence-corrected chi connectivity index (χ3v) is 3.72. The van der Waals surface area contributed by atoms with Gasteiger partial charge in [-0.1, -0.05) is 48.0 Å². The summed E-state index contributed by atoms with van der Waals surface area (Å²) in [5.41, 5.74) is 2.46. The van der Waals surface area contributed by atoms with Crippen molar-refractivity contribution in [1.82, 2.24) is 4.90 Å².